The van der Waals surface area contributed by atoms with Gasteiger partial charge < -0.3 is 10.4 Å². The number of carbonyl (C=O) groups excluding carboxylic acids is 1. The predicted octanol–water partition coefficient (Wildman–Crippen LogP) is 0.326. The molecule has 0 aromatic rings. The Morgan fingerprint density at radius 3 is 2.20 bits per heavy atom. The van der Waals surface area contributed by atoms with Gasteiger partial charge in [0.25, 0.3) is 0 Å². The average Bonchev–Trinajstić information content (AvgIpc) is 1.88. The van der Waals surface area contributed by atoms with Gasteiger partial charge in [-0.05, 0) is 6.92 Å². The van der Waals surface area contributed by atoms with Gasteiger partial charge in [-0.3, -0.25) is 0 Å². The van der Waals surface area contributed by atoms with E-state index in [4.69, 9.17) is 5.11 Å². The van der Waals surface area contributed by atoms with Crippen molar-refractivity contribution in [2.75, 3.05) is 13.6 Å². The van der Waals surface area contributed by atoms with Crippen LogP contribution in [0.4, 0.5) is 9.59 Å². The number of nitrogens with one attached hydrogen (secondary N) is 1. The maximum absolute atomic E-state index is 10.6. The SMILES string of the molecule is CCN(C(=O)O)C(=O)NC. The fourth-order valence-corrected chi connectivity index (χ4v) is 0.501. The topological polar surface area (TPSA) is 69.6 Å². The van der Waals surface area contributed by atoms with E-state index in [-0.39, 0.29) is 6.54 Å². The molecule has 0 aliphatic rings. The number of hydrogen-bond acceptors (Lipinski definition) is 2. The second-order valence-corrected chi connectivity index (χ2v) is 1.58. The Balaban J connectivity index is 4.06. The number of hydrogen-bond donors (Lipinski definition) is 2. The molecule has 2 N–H and O–H groups in total. The molecule has 0 saturated heterocycles. The third-order valence-corrected chi connectivity index (χ3v) is 1.01. The summed E-state index contributed by atoms with van der Waals surface area (Å²) >= 11 is 0. The first-order valence-electron chi connectivity index (χ1n) is 2.85. The molecule has 0 aliphatic heterocycles. The normalized spacial score (nSPS) is 8.60. The Kier molecular flexibility index (Phi) is 3.24. The highest BCUT2D eigenvalue weighted by molar-refractivity contribution is 5.89. The lowest BCUT2D eigenvalue weighted by molar-refractivity contribution is 0.150. The lowest BCUT2D eigenvalue weighted by Gasteiger charge is -2.12. The maximum Gasteiger partial charge on any atom is 0.415 e. The van der Waals surface area contributed by atoms with Gasteiger partial charge in [-0.2, -0.15) is 0 Å². The van der Waals surface area contributed by atoms with E-state index >= 15 is 0 Å². The van der Waals surface area contributed by atoms with E-state index < -0.39 is 12.1 Å². The Bertz CT molecular complexity index is 146. The largest absolute Gasteiger partial charge is 0.465 e. The van der Waals surface area contributed by atoms with E-state index in [1.54, 1.807) is 6.92 Å². The van der Waals surface area contributed by atoms with Crippen LogP contribution in [0.15, 0.2) is 0 Å². The van der Waals surface area contributed by atoms with Crippen molar-refractivity contribution in [3.8, 4) is 0 Å². The van der Waals surface area contributed by atoms with Gasteiger partial charge in [-0.15, -0.1) is 0 Å². The van der Waals surface area contributed by atoms with Crippen LogP contribution in [0.3, 0.4) is 0 Å². The first-order chi connectivity index (χ1) is 4.63. The summed E-state index contributed by atoms with van der Waals surface area (Å²) in [5, 5.41) is 10.5. The second kappa shape index (κ2) is 3.71. The fourth-order valence-electron chi connectivity index (χ4n) is 0.501. The summed E-state index contributed by atoms with van der Waals surface area (Å²) in [6, 6.07) is -0.602. The molecule has 0 saturated carbocycles. The molecule has 0 aliphatic carbocycles. The minimum atomic E-state index is -1.23. The van der Waals surface area contributed by atoms with E-state index in [0.29, 0.717) is 4.90 Å². The molecular weight excluding hydrogens is 136 g/mol. The van der Waals surface area contributed by atoms with E-state index in [2.05, 4.69) is 5.32 Å². The summed E-state index contributed by atoms with van der Waals surface area (Å²) in [4.78, 5) is 21.5. The standard InChI is InChI=1S/C5H10N2O3/c1-3-7(5(9)10)4(8)6-2/h3H2,1-2H3,(H,6,8)(H,9,10). The van der Waals surface area contributed by atoms with Crippen molar-refractivity contribution in [3.05, 3.63) is 0 Å². The Morgan fingerprint density at radius 2 is 2.10 bits per heavy atom. The second-order valence-electron chi connectivity index (χ2n) is 1.58. The summed E-state index contributed by atoms with van der Waals surface area (Å²) in [5.41, 5.74) is 0. The zero-order chi connectivity index (χ0) is 8.15. The number of rotatable bonds is 1. The Labute approximate surface area is 58.6 Å². The monoisotopic (exact) mass is 146 g/mol. The molecule has 0 bridgehead atoms. The summed E-state index contributed by atoms with van der Waals surface area (Å²) in [5.74, 6) is 0. The first kappa shape index (κ1) is 8.74. The minimum Gasteiger partial charge on any atom is -0.465 e. The van der Waals surface area contributed by atoms with Crippen LogP contribution < -0.4 is 5.32 Å². The van der Waals surface area contributed by atoms with Crippen LogP contribution in [0.1, 0.15) is 6.92 Å². The van der Waals surface area contributed by atoms with E-state index in [1.807, 2.05) is 0 Å². The van der Waals surface area contributed by atoms with Gasteiger partial charge in [-0.1, -0.05) is 0 Å². The van der Waals surface area contributed by atoms with Crippen molar-refractivity contribution in [1.82, 2.24) is 10.2 Å². The molecule has 58 valence electrons. The molecule has 0 fully saturated rings. The van der Waals surface area contributed by atoms with Crippen molar-refractivity contribution in [1.29, 1.82) is 0 Å². The molecule has 0 spiro atoms. The highest BCUT2D eigenvalue weighted by atomic mass is 16.4. The molecular formula is C5H10N2O3. The highest BCUT2D eigenvalue weighted by Gasteiger charge is 2.15. The molecule has 0 radical (unpaired) electrons. The molecule has 3 amide bonds. The fraction of sp³-hybridized carbons (Fsp3) is 0.600. The van der Waals surface area contributed by atoms with E-state index in [1.165, 1.54) is 7.05 Å². The number of amides is 3. The van der Waals surface area contributed by atoms with Crippen LogP contribution in [0.5, 0.6) is 0 Å². The zero-order valence-electron chi connectivity index (χ0n) is 5.92. The Morgan fingerprint density at radius 1 is 1.60 bits per heavy atom. The molecule has 5 nitrogen and oxygen atoms in total. The van der Waals surface area contributed by atoms with Crippen molar-refractivity contribution >= 4 is 12.1 Å². The van der Waals surface area contributed by atoms with E-state index in [9.17, 15) is 9.59 Å². The molecule has 5 heteroatoms. The number of nitrogens with zero attached hydrogens (tertiary/aromatic N) is 1. The number of imide groups is 1. The zero-order valence-corrected chi connectivity index (χ0v) is 5.92. The lowest BCUT2D eigenvalue weighted by atomic mass is 10.6. The van der Waals surface area contributed by atoms with Gasteiger partial charge in [0.2, 0.25) is 0 Å². The van der Waals surface area contributed by atoms with Gasteiger partial charge in [0.1, 0.15) is 0 Å². The van der Waals surface area contributed by atoms with Crippen LogP contribution >= 0.6 is 0 Å². The number of urea groups is 1. The molecule has 10 heavy (non-hydrogen) atoms. The van der Waals surface area contributed by atoms with Gasteiger partial charge in [-0.25, -0.2) is 14.5 Å². The molecule has 0 atom stereocenters. The molecule has 0 unspecified atom stereocenters. The van der Waals surface area contributed by atoms with Gasteiger partial charge in [0.15, 0.2) is 0 Å². The molecule has 0 aromatic carbocycles. The van der Waals surface area contributed by atoms with E-state index in [0.717, 1.165) is 0 Å². The van der Waals surface area contributed by atoms with Crippen molar-refractivity contribution < 1.29 is 14.7 Å². The quantitative estimate of drug-likeness (QED) is 0.560. The van der Waals surface area contributed by atoms with Crippen molar-refractivity contribution in [3.63, 3.8) is 0 Å². The molecule has 0 aromatic heterocycles. The van der Waals surface area contributed by atoms with Crippen LogP contribution in [0, 0.1) is 0 Å². The lowest BCUT2D eigenvalue weighted by Crippen LogP contribution is -2.41. The van der Waals surface area contributed by atoms with Crippen LogP contribution in [-0.2, 0) is 0 Å². The average molecular weight is 146 g/mol. The van der Waals surface area contributed by atoms with Gasteiger partial charge in [0, 0.05) is 13.6 Å². The first-order valence-corrected chi connectivity index (χ1v) is 2.85. The van der Waals surface area contributed by atoms with Crippen LogP contribution in [0.25, 0.3) is 0 Å². The van der Waals surface area contributed by atoms with Gasteiger partial charge >= 0.3 is 12.1 Å². The smallest absolute Gasteiger partial charge is 0.415 e. The predicted molar refractivity (Wildman–Crippen MR) is 34.9 cm³/mol. The van der Waals surface area contributed by atoms with Crippen LogP contribution in [-0.4, -0.2) is 35.7 Å². The Hall–Kier alpha value is -1.26. The van der Waals surface area contributed by atoms with Crippen molar-refractivity contribution in [2.45, 2.75) is 6.92 Å². The number of carbonyl (C=O) groups is 2. The third-order valence-electron chi connectivity index (χ3n) is 1.01. The third kappa shape index (κ3) is 1.93. The summed E-state index contributed by atoms with van der Waals surface area (Å²) in [6.07, 6.45) is -1.23. The van der Waals surface area contributed by atoms with Gasteiger partial charge in [0.05, 0.1) is 0 Å². The minimum absolute atomic E-state index is 0.162. The summed E-state index contributed by atoms with van der Waals surface area (Å²) in [6.45, 7) is 1.75. The maximum atomic E-state index is 10.6. The highest BCUT2D eigenvalue weighted by Crippen LogP contribution is 1.87. The summed E-state index contributed by atoms with van der Waals surface area (Å²) < 4.78 is 0. The molecule has 0 rings (SSSR count). The van der Waals surface area contributed by atoms with Crippen LogP contribution in [0.2, 0.25) is 0 Å². The number of carboxylic acid groups (broad SMARTS) is 1. The van der Waals surface area contributed by atoms with Crippen molar-refractivity contribution in [2.24, 2.45) is 0 Å². The molecule has 0 heterocycles. The summed E-state index contributed by atoms with van der Waals surface area (Å²) in [7, 11) is 1.38.